The summed E-state index contributed by atoms with van der Waals surface area (Å²) in [6.45, 7) is 5.03. The van der Waals surface area contributed by atoms with Crippen molar-refractivity contribution in [3.8, 4) is 22.6 Å². The van der Waals surface area contributed by atoms with Crippen LogP contribution < -0.4 is 4.74 Å². The lowest BCUT2D eigenvalue weighted by Gasteiger charge is -2.43. The fourth-order valence-electron chi connectivity index (χ4n) is 6.35. The van der Waals surface area contributed by atoms with E-state index in [1.165, 1.54) is 47.9 Å². The molecule has 0 radical (unpaired) electrons. The van der Waals surface area contributed by atoms with Gasteiger partial charge in [0.15, 0.2) is 0 Å². The van der Waals surface area contributed by atoms with Gasteiger partial charge in [-0.15, -0.1) is 6.58 Å². The molecule has 0 N–H and O–H groups in total. The van der Waals surface area contributed by atoms with Crippen LogP contribution in [0.4, 0.5) is 0 Å². The average Bonchev–Trinajstić information content (AvgIpc) is 3.04. The smallest absolute Gasteiger partial charge is 0.131 e. The largest absolute Gasteiger partial charge is 0.457 e. The highest BCUT2D eigenvalue weighted by atomic mass is 16.5. The summed E-state index contributed by atoms with van der Waals surface area (Å²) in [6, 6.07) is 27.5. The molecule has 2 bridgehead atoms. The van der Waals surface area contributed by atoms with Gasteiger partial charge in [0.25, 0.3) is 0 Å². The number of rotatable bonds is 4. The van der Waals surface area contributed by atoms with Crippen molar-refractivity contribution < 1.29 is 4.74 Å². The van der Waals surface area contributed by atoms with Gasteiger partial charge in [-0.05, 0) is 54.9 Å². The van der Waals surface area contributed by atoms with Crippen LogP contribution in [0.2, 0.25) is 0 Å². The minimum Gasteiger partial charge on any atom is -0.457 e. The van der Waals surface area contributed by atoms with E-state index in [-0.39, 0.29) is 0 Å². The standard InChI is InChI=1S/C29H29NO/c1-2-16-30-23-13-14-24(30)18-22(17-23)29-25-10-6-7-11-27(25)31-28-19-21(12-15-26(28)29)20-8-4-3-5-9-20/h2-12,15,19,22-24,29H,1,13-14,16-18H2. The maximum Gasteiger partial charge on any atom is 0.131 e. The second kappa shape index (κ2) is 7.69. The quantitative estimate of drug-likeness (QED) is 0.431. The maximum atomic E-state index is 6.47. The Labute approximate surface area is 185 Å². The van der Waals surface area contributed by atoms with Crippen LogP contribution in [0.3, 0.4) is 0 Å². The molecule has 0 spiro atoms. The molecule has 0 saturated carbocycles. The normalized spacial score (nSPS) is 26.6. The van der Waals surface area contributed by atoms with E-state index in [9.17, 15) is 0 Å². The highest BCUT2D eigenvalue weighted by Gasteiger charge is 2.44. The molecule has 6 rings (SSSR count). The van der Waals surface area contributed by atoms with Crippen LogP contribution in [-0.2, 0) is 0 Å². The van der Waals surface area contributed by atoms with E-state index < -0.39 is 0 Å². The van der Waals surface area contributed by atoms with Crippen LogP contribution in [0.5, 0.6) is 11.5 Å². The van der Waals surface area contributed by atoms with Crippen molar-refractivity contribution in [1.29, 1.82) is 0 Å². The van der Waals surface area contributed by atoms with Crippen molar-refractivity contribution in [2.75, 3.05) is 6.54 Å². The molecule has 3 aliphatic heterocycles. The number of benzene rings is 3. The first kappa shape index (κ1) is 18.9. The molecule has 0 aromatic heterocycles. The lowest BCUT2D eigenvalue weighted by molar-refractivity contribution is 0.109. The second-order valence-electron chi connectivity index (χ2n) is 9.34. The summed E-state index contributed by atoms with van der Waals surface area (Å²) in [6.07, 6.45) is 7.28. The SMILES string of the molecule is C=CCN1C2CCC1CC(C1c3ccccc3Oc3cc(-c4ccccc4)ccc31)C2. The number of para-hydroxylation sites is 1. The molecule has 2 fully saturated rings. The third-order valence-corrected chi connectivity index (χ3v) is 7.66. The minimum absolute atomic E-state index is 0.416. The summed E-state index contributed by atoms with van der Waals surface area (Å²) in [5.41, 5.74) is 5.18. The van der Waals surface area contributed by atoms with Crippen LogP contribution in [0.15, 0.2) is 85.5 Å². The Bertz CT molecular complexity index is 1090. The third-order valence-electron chi connectivity index (χ3n) is 7.66. The lowest BCUT2D eigenvalue weighted by Crippen LogP contribution is -2.44. The van der Waals surface area contributed by atoms with E-state index >= 15 is 0 Å². The zero-order valence-corrected chi connectivity index (χ0v) is 17.9. The Morgan fingerprint density at radius 2 is 1.52 bits per heavy atom. The van der Waals surface area contributed by atoms with Gasteiger partial charge in [-0.25, -0.2) is 0 Å². The summed E-state index contributed by atoms with van der Waals surface area (Å²) in [5, 5.41) is 0. The second-order valence-corrected chi connectivity index (χ2v) is 9.34. The molecule has 156 valence electrons. The summed E-state index contributed by atoms with van der Waals surface area (Å²) in [7, 11) is 0. The van der Waals surface area contributed by atoms with Crippen LogP contribution in [0.25, 0.3) is 11.1 Å². The number of hydrogen-bond acceptors (Lipinski definition) is 2. The number of hydrogen-bond donors (Lipinski definition) is 0. The Morgan fingerprint density at radius 1 is 0.806 bits per heavy atom. The maximum absolute atomic E-state index is 6.47. The van der Waals surface area contributed by atoms with Crippen molar-refractivity contribution in [3.05, 3.63) is 96.6 Å². The van der Waals surface area contributed by atoms with Crippen molar-refractivity contribution in [2.45, 2.75) is 43.7 Å². The number of piperidine rings is 1. The molecule has 3 heterocycles. The molecule has 3 atom stereocenters. The number of fused-ring (bicyclic) bond motifs is 4. The molecule has 3 aromatic rings. The molecule has 2 saturated heterocycles. The molecule has 2 nitrogen and oxygen atoms in total. The van der Waals surface area contributed by atoms with Crippen molar-refractivity contribution in [3.63, 3.8) is 0 Å². The monoisotopic (exact) mass is 407 g/mol. The van der Waals surface area contributed by atoms with Crippen molar-refractivity contribution in [1.82, 2.24) is 4.90 Å². The van der Waals surface area contributed by atoms with Gasteiger partial charge in [-0.3, -0.25) is 4.90 Å². The van der Waals surface area contributed by atoms with Gasteiger partial charge in [-0.1, -0.05) is 66.7 Å². The van der Waals surface area contributed by atoms with Gasteiger partial charge in [0, 0.05) is 35.7 Å². The highest BCUT2D eigenvalue weighted by molar-refractivity contribution is 5.68. The van der Waals surface area contributed by atoms with Gasteiger partial charge in [0.1, 0.15) is 11.5 Å². The predicted octanol–water partition coefficient (Wildman–Crippen LogP) is 7.02. The molecule has 2 heteroatoms. The van der Waals surface area contributed by atoms with Gasteiger partial charge < -0.3 is 4.74 Å². The molecule has 31 heavy (non-hydrogen) atoms. The van der Waals surface area contributed by atoms with Gasteiger partial charge in [-0.2, -0.15) is 0 Å². The molecule has 0 aliphatic carbocycles. The lowest BCUT2D eigenvalue weighted by atomic mass is 9.72. The summed E-state index contributed by atoms with van der Waals surface area (Å²) >= 11 is 0. The fourth-order valence-corrected chi connectivity index (χ4v) is 6.35. The Balaban J connectivity index is 1.40. The van der Waals surface area contributed by atoms with E-state index in [2.05, 4.69) is 90.4 Å². The molecular formula is C29H29NO. The Morgan fingerprint density at radius 3 is 2.29 bits per heavy atom. The third kappa shape index (κ3) is 3.21. The van der Waals surface area contributed by atoms with E-state index in [4.69, 9.17) is 4.74 Å². The van der Waals surface area contributed by atoms with E-state index in [0.717, 1.165) is 18.0 Å². The molecule has 0 amide bonds. The topological polar surface area (TPSA) is 12.5 Å². The van der Waals surface area contributed by atoms with Gasteiger partial charge in [0.05, 0.1) is 0 Å². The van der Waals surface area contributed by atoms with Crippen LogP contribution >= 0.6 is 0 Å². The van der Waals surface area contributed by atoms with Gasteiger partial charge in [0.2, 0.25) is 0 Å². The first-order chi connectivity index (χ1) is 15.3. The van der Waals surface area contributed by atoms with Crippen LogP contribution in [-0.4, -0.2) is 23.5 Å². The predicted molar refractivity (Wildman–Crippen MR) is 127 cm³/mol. The average molecular weight is 408 g/mol. The highest BCUT2D eigenvalue weighted by Crippen LogP contribution is 2.53. The van der Waals surface area contributed by atoms with Gasteiger partial charge >= 0.3 is 0 Å². The first-order valence-corrected chi connectivity index (χ1v) is 11.6. The Hall–Kier alpha value is -2.84. The number of ether oxygens (including phenoxy) is 1. The first-order valence-electron chi connectivity index (χ1n) is 11.6. The zero-order valence-electron chi connectivity index (χ0n) is 17.9. The van der Waals surface area contributed by atoms with Crippen LogP contribution in [0, 0.1) is 5.92 Å². The summed E-state index contributed by atoms with van der Waals surface area (Å²) < 4.78 is 6.47. The molecule has 3 unspecified atom stereocenters. The van der Waals surface area contributed by atoms with Crippen LogP contribution in [0.1, 0.15) is 42.7 Å². The van der Waals surface area contributed by atoms with E-state index in [0.29, 0.717) is 23.9 Å². The summed E-state index contributed by atoms with van der Waals surface area (Å²) in [5.74, 6) is 3.14. The Kier molecular flexibility index (Phi) is 4.69. The number of nitrogens with zero attached hydrogens (tertiary/aromatic N) is 1. The summed E-state index contributed by atoms with van der Waals surface area (Å²) in [4.78, 5) is 2.70. The zero-order chi connectivity index (χ0) is 20.8. The molecular weight excluding hydrogens is 378 g/mol. The molecule has 3 aromatic carbocycles. The fraction of sp³-hybridized carbons (Fsp3) is 0.310. The minimum atomic E-state index is 0.416. The van der Waals surface area contributed by atoms with Crippen molar-refractivity contribution in [2.24, 2.45) is 5.92 Å². The van der Waals surface area contributed by atoms with E-state index in [1.54, 1.807) is 0 Å². The molecule has 3 aliphatic rings. The van der Waals surface area contributed by atoms with Crippen molar-refractivity contribution >= 4 is 0 Å². The van der Waals surface area contributed by atoms with E-state index in [1.807, 2.05) is 0 Å².